The fraction of sp³-hybridized carbons (Fsp3) is 0.0714. The summed E-state index contributed by atoms with van der Waals surface area (Å²) in [5, 5.41) is 8.71. The second kappa shape index (κ2) is 7.95. The predicted octanol–water partition coefficient (Wildman–Crippen LogP) is 6.73. The molecule has 0 fully saturated rings. The van der Waals surface area contributed by atoms with Crippen molar-refractivity contribution in [2.75, 3.05) is 5.32 Å². The Morgan fingerprint density at radius 3 is 2.42 bits per heavy atom. The van der Waals surface area contributed by atoms with Crippen LogP contribution in [-0.4, -0.2) is 14.5 Å². The molecule has 5 nitrogen and oxygen atoms in total. The van der Waals surface area contributed by atoms with Gasteiger partial charge in [0.25, 0.3) is 0 Å². The van der Waals surface area contributed by atoms with Crippen LogP contribution >= 0.6 is 0 Å². The van der Waals surface area contributed by atoms with E-state index >= 15 is 0 Å². The van der Waals surface area contributed by atoms with Crippen molar-refractivity contribution >= 4 is 22.4 Å². The van der Waals surface area contributed by atoms with Crippen LogP contribution in [0.3, 0.4) is 0 Å². The van der Waals surface area contributed by atoms with Crippen LogP contribution in [0.4, 0.5) is 5.82 Å². The molecular weight excluding hydrogens is 408 g/mol. The zero-order valence-corrected chi connectivity index (χ0v) is 18.2. The molecule has 3 heterocycles. The van der Waals surface area contributed by atoms with Gasteiger partial charge >= 0.3 is 0 Å². The van der Waals surface area contributed by atoms with E-state index in [1.54, 1.807) is 0 Å². The van der Waals surface area contributed by atoms with E-state index in [1.165, 1.54) is 5.56 Å². The highest BCUT2D eigenvalue weighted by Crippen LogP contribution is 2.32. The van der Waals surface area contributed by atoms with E-state index in [9.17, 15) is 0 Å². The number of rotatable bonds is 5. The lowest BCUT2D eigenvalue weighted by Gasteiger charge is -2.10. The summed E-state index contributed by atoms with van der Waals surface area (Å²) in [6.45, 7) is 2.69. The van der Waals surface area contributed by atoms with E-state index in [0.29, 0.717) is 0 Å². The molecule has 6 aromatic rings. The molecule has 0 spiro atoms. The Balaban J connectivity index is 1.37. The third-order valence-electron chi connectivity index (χ3n) is 5.97. The van der Waals surface area contributed by atoms with Crippen LogP contribution in [0, 0.1) is 6.92 Å². The zero-order valence-electron chi connectivity index (χ0n) is 18.2. The number of benzene rings is 3. The second-order valence-electron chi connectivity index (χ2n) is 8.13. The Bertz CT molecular complexity index is 1560. The van der Waals surface area contributed by atoms with Gasteiger partial charge in [0.2, 0.25) is 0 Å². The van der Waals surface area contributed by atoms with Gasteiger partial charge in [-0.3, -0.25) is 4.40 Å². The Hall–Kier alpha value is -4.38. The van der Waals surface area contributed by atoms with Gasteiger partial charge in [0.1, 0.15) is 17.2 Å². The van der Waals surface area contributed by atoms with Crippen LogP contribution in [0.5, 0.6) is 0 Å². The number of aromatic nitrogens is 3. The maximum absolute atomic E-state index is 5.35. The molecule has 160 valence electrons. The van der Waals surface area contributed by atoms with E-state index in [4.69, 9.17) is 9.51 Å². The Kier molecular flexibility index (Phi) is 4.65. The number of aryl methyl sites for hydroxylation is 1. The van der Waals surface area contributed by atoms with Gasteiger partial charge in [-0.25, -0.2) is 4.98 Å². The van der Waals surface area contributed by atoms with Crippen LogP contribution in [0.2, 0.25) is 0 Å². The Morgan fingerprint density at radius 2 is 1.58 bits per heavy atom. The molecule has 0 amide bonds. The fourth-order valence-electron chi connectivity index (χ4n) is 4.21. The maximum atomic E-state index is 5.35. The molecular formula is C28H22N4O. The molecule has 0 aliphatic rings. The average molecular weight is 431 g/mol. The molecule has 0 saturated carbocycles. The number of imidazole rings is 1. The minimum absolute atomic E-state index is 0.729. The monoisotopic (exact) mass is 430 g/mol. The first-order valence-corrected chi connectivity index (χ1v) is 11.0. The van der Waals surface area contributed by atoms with Gasteiger partial charge in [-0.05, 0) is 47.9 Å². The van der Waals surface area contributed by atoms with Crippen molar-refractivity contribution in [3.05, 3.63) is 108 Å². The first kappa shape index (κ1) is 19.3. The quantitative estimate of drug-likeness (QED) is 0.329. The van der Waals surface area contributed by atoms with Crippen LogP contribution < -0.4 is 5.32 Å². The summed E-state index contributed by atoms with van der Waals surface area (Å²) in [5.74, 6) is 0.990. The van der Waals surface area contributed by atoms with Crippen LogP contribution in [0.15, 0.2) is 102 Å². The second-order valence-corrected chi connectivity index (χ2v) is 8.13. The van der Waals surface area contributed by atoms with Gasteiger partial charge in [0, 0.05) is 23.7 Å². The summed E-state index contributed by atoms with van der Waals surface area (Å²) in [6.07, 6.45) is 2.05. The first-order chi connectivity index (χ1) is 16.3. The summed E-state index contributed by atoms with van der Waals surface area (Å²) < 4.78 is 7.45. The minimum Gasteiger partial charge on any atom is -0.365 e. The van der Waals surface area contributed by atoms with Crippen molar-refractivity contribution in [1.29, 1.82) is 0 Å². The van der Waals surface area contributed by atoms with Gasteiger partial charge in [0.05, 0.1) is 5.69 Å². The van der Waals surface area contributed by atoms with Crippen LogP contribution in [0.1, 0.15) is 11.3 Å². The normalized spacial score (nSPS) is 11.3. The lowest BCUT2D eigenvalue weighted by molar-refractivity contribution is 0.450. The molecule has 6 rings (SSSR count). The lowest BCUT2D eigenvalue weighted by Crippen LogP contribution is -2.03. The molecule has 5 heteroatoms. The molecule has 3 aromatic heterocycles. The van der Waals surface area contributed by atoms with Gasteiger partial charge in [0.15, 0.2) is 5.58 Å². The highest BCUT2D eigenvalue weighted by molar-refractivity contribution is 5.86. The minimum atomic E-state index is 0.729. The SMILES string of the molecule is Cc1noc2ccc(-c3ccc(-c4nc5ccccn5c4NCc4ccccc4)cc3)cc12. The summed E-state index contributed by atoms with van der Waals surface area (Å²) in [4.78, 5) is 4.92. The summed E-state index contributed by atoms with van der Waals surface area (Å²) >= 11 is 0. The smallest absolute Gasteiger partial charge is 0.167 e. The molecule has 0 radical (unpaired) electrons. The third kappa shape index (κ3) is 3.53. The van der Waals surface area contributed by atoms with Crippen molar-refractivity contribution in [3.8, 4) is 22.4 Å². The Morgan fingerprint density at radius 1 is 0.818 bits per heavy atom. The summed E-state index contributed by atoms with van der Waals surface area (Å²) in [6, 6.07) is 31.2. The summed E-state index contributed by atoms with van der Waals surface area (Å²) in [7, 11) is 0. The van der Waals surface area contributed by atoms with E-state index in [-0.39, 0.29) is 0 Å². The molecule has 1 N–H and O–H groups in total. The largest absolute Gasteiger partial charge is 0.365 e. The molecule has 0 atom stereocenters. The lowest BCUT2D eigenvalue weighted by atomic mass is 10.0. The van der Waals surface area contributed by atoms with Gasteiger partial charge in [-0.2, -0.15) is 0 Å². The highest BCUT2D eigenvalue weighted by Gasteiger charge is 2.14. The van der Waals surface area contributed by atoms with Crippen molar-refractivity contribution in [1.82, 2.24) is 14.5 Å². The van der Waals surface area contributed by atoms with Gasteiger partial charge in [-0.15, -0.1) is 0 Å². The predicted molar refractivity (Wildman–Crippen MR) is 132 cm³/mol. The first-order valence-electron chi connectivity index (χ1n) is 11.0. The molecule has 33 heavy (non-hydrogen) atoms. The number of nitrogens with zero attached hydrogens (tertiary/aromatic N) is 3. The topological polar surface area (TPSA) is 55.4 Å². The van der Waals surface area contributed by atoms with Crippen molar-refractivity contribution in [3.63, 3.8) is 0 Å². The summed E-state index contributed by atoms with van der Waals surface area (Å²) in [5.41, 5.74) is 8.15. The standard InChI is InChI=1S/C28H22N4O/c1-19-24-17-23(14-15-25(24)33-31-19)21-10-12-22(13-11-21)27-28(29-18-20-7-3-2-4-8-20)32-16-6-5-9-26(32)30-27/h2-17,29H,18H2,1H3. The van der Waals surface area contributed by atoms with E-state index < -0.39 is 0 Å². The van der Waals surface area contributed by atoms with Crippen molar-refractivity contribution in [2.45, 2.75) is 13.5 Å². The molecule has 0 saturated heterocycles. The van der Waals surface area contributed by atoms with Gasteiger partial charge < -0.3 is 9.84 Å². The third-order valence-corrected chi connectivity index (χ3v) is 5.97. The molecule has 0 bridgehead atoms. The van der Waals surface area contributed by atoms with Crippen LogP contribution in [0.25, 0.3) is 39.0 Å². The van der Waals surface area contributed by atoms with Crippen molar-refractivity contribution < 1.29 is 4.52 Å². The Labute approximate surface area is 191 Å². The number of pyridine rings is 1. The number of nitrogens with one attached hydrogen (secondary N) is 1. The average Bonchev–Trinajstić information content (AvgIpc) is 3.43. The number of fused-ring (bicyclic) bond motifs is 2. The number of hydrogen-bond acceptors (Lipinski definition) is 4. The maximum Gasteiger partial charge on any atom is 0.167 e. The van der Waals surface area contributed by atoms with Gasteiger partial charge in [-0.1, -0.05) is 71.9 Å². The zero-order chi connectivity index (χ0) is 22.2. The molecule has 0 aliphatic carbocycles. The van der Waals surface area contributed by atoms with Crippen molar-refractivity contribution in [2.24, 2.45) is 0 Å². The highest BCUT2D eigenvalue weighted by atomic mass is 16.5. The van der Waals surface area contributed by atoms with E-state index in [2.05, 4.69) is 75.5 Å². The molecule has 0 unspecified atom stereocenters. The molecule has 3 aromatic carbocycles. The number of anilines is 1. The number of hydrogen-bond donors (Lipinski definition) is 1. The van der Waals surface area contributed by atoms with Crippen LogP contribution in [-0.2, 0) is 6.54 Å². The van der Waals surface area contributed by atoms with E-state index in [0.717, 1.165) is 57.1 Å². The van der Waals surface area contributed by atoms with E-state index in [1.807, 2.05) is 43.5 Å². The molecule has 0 aliphatic heterocycles. The fourth-order valence-corrected chi connectivity index (χ4v) is 4.21.